The van der Waals surface area contributed by atoms with Crippen molar-refractivity contribution in [3.8, 4) is 0 Å². The van der Waals surface area contributed by atoms with Crippen molar-refractivity contribution in [1.82, 2.24) is 19.2 Å². The van der Waals surface area contributed by atoms with Crippen molar-refractivity contribution in [3.63, 3.8) is 0 Å². The Hall–Kier alpha value is -1.96. The van der Waals surface area contributed by atoms with Crippen molar-refractivity contribution < 1.29 is 14.3 Å². The van der Waals surface area contributed by atoms with Gasteiger partial charge in [0.2, 0.25) is 0 Å². The highest BCUT2D eigenvalue weighted by Gasteiger charge is 2.29. The molecule has 2 saturated heterocycles. The summed E-state index contributed by atoms with van der Waals surface area (Å²) in [7, 11) is 1.76. The molecule has 4 rings (SSSR count). The zero-order valence-corrected chi connectivity index (χ0v) is 16.2. The van der Waals surface area contributed by atoms with Crippen LogP contribution in [0.3, 0.4) is 0 Å². The van der Waals surface area contributed by atoms with Crippen LogP contribution in [0.5, 0.6) is 0 Å². The van der Waals surface area contributed by atoms with Crippen LogP contribution in [-0.4, -0.2) is 78.2 Å². The molecule has 2 aliphatic rings. The third kappa shape index (κ3) is 3.72. The van der Waals surface area contributed by atoms with E-state index < -0.39 is 0 Å². The van der Waals surface area contributed by atoms with Gasteiger partial charge in [0.25, 0.3) is 5.91 Å². The molecule has 2 aromatic rings. The first kappa shape index (κ1) is 18.4. The Morgan fingerprint density at radius 1 is 1.33 bits per heavy atom. The fourth-order valence-corrected chi connectivity index (χ4v) is 4.13. The largest absolute Gasteiger partial charge is 0.384 e. The maximum Gasteiger partial charge on any atom is 0.274 e. The number of carbonyl (C=O) groups is 1. The summed E-state index contributed by atoms with van der Waals surface area (Å²) in [6, 6.07) is 4.06. The Kier molecular flexibility index (Phi) is 5.43. The number of hydrogen-bond acceptors (Lipinski definition) is 5. The number of rotatable bonds is 5. The predicted octanol–water partition coefficient (Wildman–Crippen LogP) is 1.58. The molecule has 0 saturated carbocycles. The second-order valence-electron chi connectivity index (χ2n) is 7.54. The van der Waals surface area contributed by atoms with Gasteiger partial charge in [-0.25, -0.2) is 4.98 Å². The van der Waals surface area contributed by atoms with Gasteiger partial charge >= 0.3 is 0 Å². The van der Waals surface area contributed by atoms with E-state index in [9.17, 15) is 4.79 Å². The summed E-state index contributed by atoms with van der Waals surface area (Å²) in [5.41, 5.74) is 3.53. The lowest BCUT2D eigenvalue weighted by atomic mass is 10.1. The topological polar surface area (TPSA) is 59.3 Å². The Morgan fingerprint density at radius 2 is 2.15 bits per heavy atom. The first-order chi connectivity index (χ1) is 13.2. The lowest BCUT2D eigenvalue weighted by molar-refractivity contribution is 0.0298. The van der Waals surface area contributed by atoms with Crippen molar-refractivity contribution in [2.45, 2.75) is 19.9 Å². The van der Waals surface area contributed by atoms with Gasteiger partial charge in [-0.1, -0.05) is 6.07 Å². The Balaban J connectivity index is 1.65. The van der Waals surface area contributed by atoms with Crippen LogP contribution in [0.1, 0.15) is 28.2 Å². The lowest BCUT2D eigenvalue weighted by Crippen LogP contribution is -2.41. The molecule has 7 nitrogen and oxygen atoms in total. The van der Waals surface area contributed by atoms with E-state index >= 15 is 0 Å². The van der Waals surface area contributed by atoms with Gasteiger partial charge in [-0.15, -0.1) is 0 Å². The summed E-state index contributed by atoms with van der Waals surface area (Å²) < 4.78 is 12.8. The molecule has 4 heterocycles. The molecule has 27 heavy (non-hydrogen) atoms. The normalized spacial score (nSPS) is 21.3. The van der Waals surface area contributed by atoms with E-state index in [1.165, 1.54) is 0 Å². The summed E-state index contributed by atoms with van der Waals surface area (Å²) in [6.07, 6.45) is 3.15. The van der Waals surface area contributed by atoms with Crippen molar-refractivity contribution in [2.24, 2.45) is 5.92 Å². The first-order valence-corrected chi connectivity index (χ1v) is 9.72. The van der Waals surface area contributed by atoms with Gasteiger partial charge in [0.15, 0.2) is 5.69 Å². The predicted molar refractivity (Wildman–Crippen MR) is 102 cm³/mol. The van der Waals surface area contributed by atoms with Crippen LogP contribution in [-0.2, 0) is 16.0 Å². The van der Waals surface area contributed by atoms with Crippen molar-refractivity contribution in [3.05, 3.63) is 35.3 Å². The maximum absolute atomic E-state index is 13.2. The summed E-state index contributed by atoms with van der Waals surface area (Å²) in [5.74, 6) is 0.582. The zero-order chi connectivity index (χ0) is 18.8. The number of pyridine rings is 1. The monoisotopic (exact) mass is 372 g/mol. The van der Waals surface area contributed by atoms with E-state index in [0.29, 0.717) is 37.9 Å². The zero-order valence-electron chi connectivity index (χ0n) is 16.2. The number of morpholine rings is 1. The smallest absolute Gasteiger partial charge is 0.274 e. The molecular formula is C20H28N4O3. The standard InChI is InChI=1S/C20H28N4O3/c1-15-4-3-6-24-17(13-22-7-5-16(12-22)14-26-2)18(21-19(15)24)20(25)23-8-10-27-11-9-23/h3-4,6,16H,5,7-14H2,1-2H3. The van der Waals surface area contributed by atoms with E-state index in [1.54, 1.807) is 7.11 Å². The summed E-state index contributed by atoms with van der Waals surface area (Å²) in [4.78, 5) is 22.2. The molecule has 0 aliphatic carbocycles. The Bertz CT molecular complexity index is 813. The second kappa shape index (κ2) is 7.96. The van der Waals surface area contributed by atoms with Crippen molar-refractivity contribution >= 4 is 11.6 Å². The van der Waals surface area contributed by atoms with E-state index in [0.717, 1.165) is 49.6 Å². The molecule has 1 amide bonds. The van der Waals surface area contributed by atoms with Gasteiger partial charge in [-0.2, -0.15) is 0 Å². The number of imidazole rings is 1. The highest BCUT2D eigenvalue weighted by Crippen LogP contribution is 2.23. The number of amides is 1. The summed E-state index contributed by atoms with van der Waals surface area (Å²) >= 11 is 0. The number of nitrogens with zero attached hydrogens (tertiary/aromatic N) is 4. The molecule has 1 unspecified atom stereocenters. The minimum atomic E-state index is 0.0176. The number of likely N-dealkylation sites (tertiary alicyclic amines) is 1. The number of methoxy groups -OCH3 is 1. The molecule has 7 heteroatoms. The minimum absolute atomic E-state index is 0.0176. The molecular weight excluding hydrogens is 344 g/mol. The van der Waals surface area contributed by atoms with Crippen LogP contribution < -0.4 is 0 Å². The lowest BCUT2D eigenvalue weighted by Gasteiger charge is -2.26. The average molecular weight is 372 g/mol. The van der Waals surface area contributed by atoms with Gasteiger partial charge in [0, 0.05) is 39.5 Å². The van der Waals surface area contributed by atoms with E-state index in [-0.39, 0.29) is 5.91 Å². The van der Waals surface area contributed by atoms with Crippen LogP contribution in [0.15, 0.2) is 18.3 Å². The van der Waals surface area contributed by atoms with Crippen molar-refractivity contribution in [2.75, 3.05) is 53.1 Å². The van der Waals surface area contributed by atoms with E-state index in [4.69, 9.17) is 14.5 Å². The molecule has 2 fully saturated rings. The number of carbonyl (C=O) groups excluding carboxylic acids is 1. The highest BCUT2D eigenvalue weighted by atomic mass is 16.5. The van der Waals surface area contributed by atoms with Crippen LogP contribution in [0.2, 0.25) is 0 Å². The first-order valence-electron chi connectivity index (χ1n) is 9.72. The maximum atomic E-state index is 13.2. The Morgan fingerprint density at radius 3 is 2.93 bits per heavy atom. The molecule has 2 aliphatic heterocycles. The average Bonchev–Trinajstić information content (AvgIpc) is 3.28. The SMILES string of the molecule is COCC1CCN(Cc2c(C(=O)N3CCOCC3)nc3c(C)cccn23)C1. The highest BCUT2D eigenvalue weighted by molar-refractivity contribution is 5.94. The Labute approximate surface area is 159 Å². The third-order valence-corrected chi connectivity index (χ3v) is 5.59. The van der Waals surface area contributed by atoms with Crippen LogP contribution in [0.25, 0.3) is 5.65 Å². The van der Waals surface area contributed by atoms with Gasteiger partial charge in [-0.05, 0) is 37.4 Å². The number of ether oxygens (including phenoxy) is 2. The molecule has 0 bridgehead atoms. The van der Waals surface area contributed by atoms with E-state index in [1.807, 2.05) is 30.2 Å². The van der Waals surface area contributed by atoms with Gasteiger partial charge in [0.1, 0.15) is 5.65 Å². The number of fused-ring (bicyclic) bond motifs is 1. The number of aryl methyl sites for hydroxylation is 1. The number of hydrogen-bond donors (Lipinski definition) is 0. The molecule has 0 radical (unpaired) electrons. The fourth-order valence-electron chi connectivity index (χ4n) is 4.13. The van der Waals surface area contributed by atoms with Gasteiger partial charge in [0.05, 0.1) is 25.5 Å². The van der Waals surface area contributed by atoms with E-state index in [2.05, 4.69) is 9.30 Å². The quantitative estimate of drug-likeness (QED) is 0.798. The third-order valence-electron chi connectivity index (χ3n) is 5.59. The molecule has 1 atom stereocenters. The van der Waals surface area contributed by atoms with Crippen molar-refractivity contribution in [1.29, 1.82) is 0 Å². The van der Waals surface area contributed by atoms with Crippen LogP contribution >= 0.6 is 0 Å². The molecule has 146 valence electrons. The second-order valence-corrected chi connectivity index (χ2v) is 7.54. The molecule has 0 aromatic carbocycles. The summed E-state index contributed by atoms with van der Waals surface area (Å²) in [6.45, 7) is 8.04. The van der Waals surface area contributed by atoms with Crippen LogP contribution in [0, 0.1) is 12.8 Å². The van der Waals surface area contributed by atoms with Gasteiger partial charge in [-0.3, -0.25) is 9.69 Å². The molecule has 2 aromatic heterocycles. The summed E-state index contributed by atoms with van der Waals surface area (Å²) in [5, 5.41) is 0. The number of aromatic nitrogens is 2. The molecule has 0 N–H and O–H groups in total. The van der Waals surface area contributed by atoms with Crippen LogP contribution in [0.4, 0.5) is 0 Å². The fraction of sp³-hybridized carbons (Fsp3) is 0.600. The molecule has 0 spiro atoms. The minimum Gasteiger partial charge on any atom is -0.384 e. The van der Waals surface area contributed by atoms with Gasteiger partial charge < -0.3 is 18.8 Å².